The highest BCUT2D eigenvalue weighted by atomic mass is 35.5. The summed E-state index contributed by atoms with van der Waals surface area (Å²) in [5.74, 6) is 2.33. The highest BCUT2D eigenvalue weighted by Crippen LogP contribution is 2.14. The van der Waals surface area contributed by atoms with Crippen LogP contribution in [-0.2, 0) is 6.54 Å². The second-order valence-electron chi connectivity index (χ2n) is 3.04. The van der Waals surface area contributed by atoms with Gasteiger partial charge in [0, 0.05) is 13.2 Å². The van der Waals surface area contributed by atoms with Gasteiger partial charge in [0.25, 0.3) is 5.56 Å². The van der Waals surface area contributed by atoms with Gasteiger partial charge >= 0.3 is 0 Å². The second-order valence-corrected chi connectivity index (χ2v) is 3.45. The summed E-state index contributed by atoms with van der Waals surface area (Å²) < 4.78 is 1.15. The van der Waals surface area contributed by atoms with Crippen molar-refractivity contribution in [3.05, 3.63) is 21.6 Å². The van der Waals surface area contributed by atoms with E-state index in [9.17, 15) is 4.79 Å². The molecule has 1 heterocycles. The van der Waals surface area contributed by atoms with Gasteiger partial charge in [0.05, 0.1) is 11.2 Å². The number of aromatic nitrogens is 2. The summed E-state index contributed by atoms with van der Waals surface area (Å²) >= 11 is 5.83. The number of hydrogen-bond donors (Lipinski definition) is 2. The molecular formula is C10H12ClN3O2. The Kier molecular flexibility index (Phi) is 4.83. The monoisotopic (exact) mass is 241 g/mol. The van der Waals surface area contributed by atoms with E-state index in [4.69, 9.17) is 23.1 Å². The predicted octanol–water partition coefficient (Wildman–Crippen LogP) is 0.324. The van der Waals surface area contributed by atoms with E-state index >= 15 is 0 Å². The quantitative estimate of drug-likeness (QED) is 0.576. The van der Waals surface area contributed by atoms with E-state index in [0.717, 1.165) is 4.68 Å². The molecule has 0 aliphatic carbocycles. The van der Waals surface area contributed by atoms with Gasteiger partial charge in [-0.05, 0) is 6.42 Å². The average Bonchev–Trinajstić information content (AvgIpc) is 2.27. The Morgan fingerprint density at radius 1 is 1.69 bits per heavy atom. The van der Waals surface area contributed by atoms with Crippen LogP contribution in [0.4, 0.5) is 5.69 Å². The van der Waals surface area contributed by atoms with Crippen LogP contribution in [0.1, 0.15) is 6.42 Å². The number of nitrogens with one attached hydrogen (secondary N) is 1. The Morgan fingerprint density at radius 3 is 3.06 bits per heavy atom. The maximum absolute atomic E-state index is 11.8. The highest BCUT2D eigenvalue weighted by molar-refractivity contribution is 6.32. The van der Waals surface area contributed by atoms with Crippen LogP contribution in [0.5, 0.6) is 0 Å². The molecule has 86 valence electrons. The second kappa shape index (κ2) is 6.16. The smallest absolute Gasteiger partial charge is 0.292 e. The van der Waals surface area contributed by atoms with E-state index in [1.54, 1.807) is 0 Å². The first-order valence-electron chi connectivity index (χ1n) is 4.74. The Balaban J connectivity index is 2.93. The summed E-state index contributed by atoms with van der Waals surface area (Å²) in [6, 6.07) is 0. The van der Waals surface area contributed by atoms with Crippen LogP contribution in [-0.4, -0.2) is 28.0 Å². The van der Waals surface area contributed by atoms with E-state index in [1.165, 1.54) is 6.20 Å². The molecule has 0 aromatic carbocycles. The number of rotatable bonds is 5. The van der Waals surface area contributed by atoms with Crippen LogP contribution in [0.25, 0.3) is 0 Å². The maximum Gasteiger partial charge on any atom is 0.292 e. The average molecular weight is 242 g/mol. The fourth-order valence-corrected chi connectivity index (χ4v) is 1.31. The molecule has 6 heteroatoms. The summed E-state index contributed by atoms with van der Waals surface area (Å²) in [4.78, 5) is 11.8. The maximum atomic E-state index is 11.8. The molecule has 1 aromatic rings. The number of aliphatic hydroxyl groups is 1. The number of terminal acetylenes is 1. The lowest BCUT2D eigenvalue weighted by Gasteiger charge is -2.08. The molecule has 5 nitrogen and oxygen atoms in total. The molecular weight excluding hydrogens is 230 g/mol. The number of aliphatic hydroxyl groups excluding tert-OH is 1. The van der Waals surface area contributed by atoms with Crippen molar-refractivity contribution in [2.45, 2.75) is 13.0 Å². The van der Waals surface area contributed by atoms with Crippen molar-refractivity contribution in [1.29, 1.82) is 0 Å². The van der Waals surface area contributed by atoms with Gasteiger partial charge in [-0.25, -0.2) is 4.68 Å². The largest absolute Gasteiger partial charge is 0.396 e. The van der Waals surface area contributed by atoms with Crippen molar-refractivity contribution in [2.24, 2.45) is 0 Å². The van der Waals surface area contributed by atoms with E-state index in [1.807, 2.05) is 0 Å². The zero-order chi connectivity index (χ0) is 12.0. The molecule has 16 heavy (non-hydrogen) atoms. The molecule has 1 rings (SSSR count). The van der Waals surface area contributed by atoms with Crippen molar-refractivity contribution < 1.29 is 5.11 Å². The molecule has 0 unspecified atom stereocenters. The third-order valence-electron chi connectivity index (χ3n) is 1.88. The summed E-state index contributed by atoms with van der Waals surface area (Å²) in [5.41, 5.74) is -0.0937. The Bertz CT molecular complexity index is 450. The number of anilines is 1. The van der Waals surface area contributed by atoms with Crippen LogP contribution in [0.3, 0.4) is 0 Å². The SMILES string of the molecule is C#CCn1ncc(Cl)c(NCCCO)c1=O. The molecule has 0 spiro atoms. The minimum absolute atomic E-state index is 0.0498. The zero-order valence-electron chi connectivity index (χ0n) is 8.61. The van der Waals surface area contributed by atoms with Crippen molar-refractivity contribution in [2.75, 3.05) is 18.5 Å². The fraction of sp³-hybridized carbons (Fsp3) is 0.400. The fourth-order valence-electron chi connectivity index (χ4n) is 1.12. The number of nitrogens with zero attached hydrogens (tertiary/aromatic N) is 2. The van der Waals surface area contributed by atoms with Crippen LogP contribution >= 0.6 is 11.6 Å². The van der Waals surface area contributed by atoms with E-state index in [0.29, 0.717) is 13.0 Å². The van der Waals surface area contributed by atoms with Crippen molar-refractivity contribution in [3.8, 4) is 12.3 Å². The van der Waals surface area contributed by atoms with Crippen LogP contribution < -0.4 is 10.9 Å². The lowest BCUT2D eigenvalue weighted by atomic mass is 10.4. The number of hydrogen-bond acceptors (Lipinski definition) is 4. The summed E-state index contributed by atoms with van der Waals surface area (Å²) in [6.45, 7) is 0.616. The lowest BCUT2D eigenvalue weighted by molar-refractivity contribution is 0.292. The first-order chi connectivity index (χ1) is 7.70. The first kappa shape index (κ1) is 12.6. The van der Waals surface area contributed by atoms with Gasteiger partial charge in [-0.3, -0.25) is 4.79 Å². The number of halogens is 1. The molecule has 0 bridgehead atoms. The summed E-state index contributed by atoms with van der Waals surface area (Å²) in [5, 5.41) is 15.5. The zero-order valence-corrected chi connectivity index (χ0v) is 9.37. The van der Waals surface area contributed by atoms with Gasteiger partial charge in [0.2, 0.25) is 0 Å². The molecule has 0 aliphatic rings. The molecule has 0 amide bonds. The van der Waals surface area contributed by atoms with Gasteiger partial charge < -0.3 is 10.4 Å². The van der Waals surface area contributed by atoms with Gasteiger partial charge in [0.1, 0.15) is 12.2 Å². The van der Waals surface area contributed by atoms with Crippen molar-refractivity contribution >= 4 is 17.3 Å². The topological polar surface area (TPSA) is 67.2 Å². The molecule has 0 radical (unpaired) electrons. The van der Waals surface area contributed by atoms with Crippen LogP contribution in [0.15, 0.2) is 11.0 Å². The Hall–Kier alpha value is -1.51. The summed E-state index contributed by atoms with van der Waals surface area (Å²) in [7, 11) is 0. The van der Waals surface area contributed by atoms with Gasteiger partial charge in [-0.2, -0.15) is 5.10 Å². The minimum Gasteiger partial charge on any atom is -0.396 e. The van der Waals surface area contributed by atoms with Gasteiger partial charge in [-0.1, -0.05) is 17.5 Å². The van der Waals surface area contributed by atoms with Crippen LogP contribution in [0.2, 0.25) is 5.02 Å². The third-order valence-corrected chi connectivity index (χ3v) is 2.16. The van der Waals surface area contributed by atoms with E-state index in [-0.39, 0.29) is 29.4 Å². The standard InChI is InChI=1S/C10H12ClN3O2/c1-2-5-14-10(16)9(8(11)7-13-14)12-4-3-6-15/h1,7,12,15H,3-6H2. The molecule has 2 N–H and O–H groups in total. The normalized spacial score (nSPS) is 9.81. The van der Waals surface area contributed by atoms with E-state index in [2.05, 4.69) is 16.3 Å². The Labute approximate surface area is 98.0 Å². The predicted molar refractivity (Wildman–Crippen MR) is 62.5 cm³/mol. The molecule has 0 saturated heterocycles. The molecule has 0 saturated carbocycles. The van der Waals surface area contributed by atoms with E-state index < -0.39 is 0 Å². The molecule has 0 aliphatic heterocycles. The van der Waals surface area contributed by atoms with Gasteiger partial charge in [0.15, 0.2) is 0 Å². The molecule has 1 aromatic heterocycles. The van der Waals surface area contributed by atoms with Crippen molar-refractivity contribution in [3.63, 3.8) is 0 Å². The van der Waals surface area contributed by atoms with Crippen molar-refractivity contribution in [1.82, 2.24) is 9.78 Å². The lowest BCUT2D eigenvalue weighted by Crippen LogP contribution is -2.26. The summed E-state index contributed by atoms with van der Waals surface area (Å²) in [6.07, 6.45) is 7.00. The molecule has 0 fully saturated rings. The minimum atomic E-state index is -0.358. The first-order valence-corrected chi connectivity index (χ1v) is 5.12. The van der Waals surface area contributed by atoms with Gasteiger partial charge in [-0.15, -0.1) is 6.42 Å². The van der Waals surface area contributed by atoms with Crippen LogP contribution in [0, 0.1) is 12.3 Å². The molecule has 0 atom stereocenters. The highest BCUT2D eigenvalue weighted by Gasteiger charge is 2.08. The third kappa shape index (κ3) is 2.99. The Morgan fingerprint density at radius 2 is 2.44 bits per heavy atom.